The number of hydrogen-bond acceptors (Lipinski definition) is 6. The Morgan fingerprint density at radius 3 is 3.00 bits per heavy atom. The number of hydrogen-bond donors (Lipinski definition) is 0. The average molecular weight is 236 g/mol. The zero-order chi connectivity index (χ0) is 11.4. The molecule has 16 heavy (non-hydrogen) atoms. The third-order valence-corrected chi connectivity index (χ3v) is 2.41. The van der Waals surface area contributed by atoms with Gasteiger partial charge in [0, 0.05) is 18.5 Å². The fourth-order valence-corrected chi connectivity index (χ4v) is 1.60. The summed E-state index contributed by atoms with van der Waals surface area (Å²) >= 11 is 1.27. The second-order valence-corrected chi connectivity index (χ2v) is 3.66. The predicted molar refractivity (Wildman–Crippen MR) is 53.0 cm³/mol. The summed E-state index contributed by atoms with van der Waals surface area (Å²) in [6.07, 6.45) is 3.25. The molecule has 0 aliphatic heterocycles. The lowest BCUT2D eigenvalue weighted by molar-refractivity contribution is -0.753. The second kappa shape index (κ2) is 4.75. The zero-order valence-corrected chi connectivity index (χ0v) is 9.05. The highest BCUT2D eigenvalue weighted by atomic mass is 32.1. The molecule has 0 bridgehead atoms. The molecule has 0 amide bonds. The second-order valence-electron chi connectivity index (χ2n) is 3.06. The van der Waals surface area contributed by atoms with Crippen LogP contribution in [-0.2, 0) is 11.3 Å². The van der Waals surface area contributed by atoms with Crippen LogP contribution in [0.15, 0.2) is 24.0 Å². The van der Waals surface area contributed by atoms with E-state index < -0.39 is 5.97 Å². The number of carbonyl (C=O) groups is 1. The van der Waals surface area contributed by atoms with Gasteiger partial charge in [-0.15, -0.1) is 0 Å². The topological polar surface area (TPSA) is 82.7 Å². The zero-order valence-electron chi connectivity index (χ0n) is 8.24. The van der Waals surface area contributed by atoms with Crippen LogP contribution in [-0.4, -0.2) is 20.4 Å². The van der Waals surface area contributed by atoms with Crippen molar-refractivity contribution >= 4 is 17.5 Å². The van der Waals surface area contributed by atoms with E-state index in [0.29, 0.717) is 12.4 Å². The van der Waals surface area contributed by atoms with Crippen molar-refractivity contribution in [3.05, 3.63) is 24.0 Å². The van der Waals surface area contributed by atoms with Gasteiger partial charge in [-0.2, -0.15) is 4.37 Å². The van der Waals surface area contributed by atoms with Gasteiger partial charge in [0.1, 0.15) is 11.7 Å². The van der Waals surface area contributed by atoms with Crippen LogP contribution in [0, 0.1) is 0 Å². The lowest BCUT2D eigenvalue weighted by atomic mass is 10.3. The third kappa shape index (κ3) is 2.57. The number of carbonyl (C=O) groups excluding carboxylic acids is 1. The number of nitrogens with zero attached hydrogens (tertiary/aromatic N) is 4. The molecule has 0 unspecified atom stereocenters. The standard InChI is InChI=1S/C9H8N4O2S/c14-8(15)2-4-13-3-1-7(5-11-13)9-10-6-16-12-9/h1,3,5-6H,2,4H2. The molecule has 2 aromatic rings. The minimum atomic E-state index is -1.08. The Labute approximate surface area is 95.4 Å². The minimum absolute atomic E-state index is 0.0496. The van der Waals surface area contributed by atoms with Gasteiger partial charge >= 0.3 is 0 Å². The van der Waals surface area contributed by atoms with Crippen LogP contribution in [0.25, 0.3) is 11.4 Å². The molecule has 2 heterocycles. The summed E-state index contributed by atoms with van der Waals surface area (Å²) in [5, 5.41) is 14.3. The van der Waals surface area contributed by atoms with Gasteiger partial charge in [0.25, 0.3) is 0 Å². The predicted octanol–water partition coefficient (Wildman–Crippen LogP) is -0.972. The molecule has 2 rings (SSSR count). The van der Waals surface area contributed by atoms with Gasteiger partial charge in [0.15, 0.2) is 18.6 Å². The van der Waals surface area contributed by atoms with E-state index >= 15 is 0 Å². The molecule has 6 nitrogen and oxygen atoms in total. The minimum Gasteiger partial charge on any atom is -0.550 e. The van der Waals surface area contributed by atoms with E-state index in [0.717, 1.165) is 5.56 Å². The molecule has 0 radical (unpaired) electrons. The van der Waals surface area contributed by atoms with Crippen LogP contribution >= 0.6 is 11.5 Å². The van der Waals surface area contributed by atoms with Crippen LogP contribution in [0.4, 0.5) is 0 Å². The normalized spacial score (nSPS) is 10.2. The van der Waals surface area contributed by atoms with E-state index in [1.54, 1.807) is 24.0 Å². The maximum absolute atomic E-state index is 10.3. The van der Waals surface area contributed by atoms with Crippen molar-refractivity contribution in [2.75, 3.05) is 0 Å². The van der Waals surface area contributed by atoms with Crippen LogP contribution in [0.3, 0.4) is 0 Å². The van der Waals surface area contributed by atoms with Gasteiger partial charge in [-0.3, -0.25) is 0 Å². The Kier molecular flexibility index (Phi) is 3.16. The van der Waals surface area contributed by atoms with Gasteiger partial charge in [-0.25, -0.2) is 4.98 Å². The summed E-state index contributed by atoms with van der Waals surface area (Å²) in [6, 6.07) is 1.80. The molecule has 0 fully saturated rings. The lowest BCUT2D eigenvalue weighted by Gasteiger charge is -1.97. The first-order chi connectivity index (χ1) is 7.75. The fraction of sp³-hybridized carbons (Fsp3) is 0.222. The highest BCUT2D eigenvalue weighted by molar-refractivity contribution is 7.03. The van der Waals surface area contributed by atoms with Crippen molar-refractivity contribution in [2.45, 2.75) is 13.0 Å². The first-order valence-corrected chi connectivity index (χ1v) is 5.42. The van der Waals surface area contributed by atoms with Crippen LogP contribution in [0.1, 0.15) is 6.42 Å². The van der Waals surface area contributed by atoms with Crippen LogP contribution in [0.5, 0.6) is 0 Å². The Morgan fingerprint density at radius 2 is 2.44 bits per heavy atom. The highest BCUT2D eigenvalue weighted by Crippen LogP contribution is 2.11. The summed E-state index contributed by atoms with van der Waals surface area (Å²) in [6.45, 7) is 0.299. The summed E-state index contributed by atoms with van der Waals surface area (Å²) in [5.41, 5.74) is 2.46. The van der Waals surface area contributed by atoms with Crippen molar-refractivity contribution < 1.29 is 14.6 Å². The number of aliphatic carboxylic acids is 1. The third-order valence-electron chi connectivity index (χ3n) is 1.94. The molecule has 0 aliphatic carbocycles. The van der Waals surface area contributed by atoms with E-state index in [-0.39, 0.29) is 6.42 Å². The lowest BCUT2D eigenvalue weighted by Crippen LogP contribution is -2.40. The SMILES string of the molecule is O=C([O-])CC[n+]1ccc(-c2ncsn2)cn1. The molecule has 0 atom stereocenters. The summed E-state index contributed by atoms with van der Waals surface area (Å²) in [7, 11) is 0. The molecule has 0 saturated heterocycles. The Balaban J connectivity index is 2.08. The summed E-state index contributed by atoms with van der Waals surface area (Å²) in [5.74, 6) is -0.455. The Morgan fingerprint density at radius 1 is 1.56 bits per heavy atom. The Bertz CT molecular complexity index is 469. The molecule has 7 heteroatoms. The average Bonchev–Trinajstić information content (AvgIpc) is 2.80. The molecule has 0 aliphatic rings. The molecular formula is C9H8N4O2S. The van der Waals surface area contributed by atoms with Gasteiger partial charge in [-0.1, -0.05) is 4.68 Å². The van der Waals surface area contributed by atoms with Crippen LogP contribution in [0.2, 0.25) is 0 Å². The van der Waals surface area contributed by atoms with E-state index in [4.69, 9.17) is 0 Å². The monoisotopic (exact) mass is 236 g/mol. The number of carboxylic acid groups (broad SMARTS) is 1. The Hall–Kier alpha value is -1.89. The molecular weight excluding hydrogens is 228 g/mol. The van der Waals surface area contributed by atoms with Crippen molar-refractivity contribution in [1.29, 1.82) is 0 Å². The van der Waals surface area contributed by atoms with Gasteiger partial charge in [0.05, 0.1) is 5.56 Å². The summed E-state index contributed by atoms with van der Waals surface area (Å²) in [4.78, 5) is 14.3. The van der Waals surface area contributed by atoms with Crippen molar-refractivity contribution in [3.63, 3.8) is 0 Å². The van der Waals surface area contributed by atoms with Crippen molar-refractivity contribution in [1.82, 2.24) is 14.5 Å². The maximum Gasteiger partial charge on any atom is 0.197 e. The largest absolute Gasteiger partial charge is 0.550 e. The quantitative estimate of drug-likeness (QED) is 0.638. The molecule has 82 valence electrons. The fourth-order valence-electron chi connectivity index (χ4n) is 1.15. The van der Waals surface area contributed by atoms with E-state index in [1.165, 1.54) is 16.2 Å². The first-order valence-electron chi connectivity index (χ1n) is 4.58. The summed E-state index contributed by atoms with van der Waals surface area (Å²) < 4.78 is 5.60. The number of aromatic nitrogens is 4. The van der Waals surface area contributed by atoms with E-state index in [9.17, 15) is 9.90 Å². The number of rotatable bonds is 4. The maximum atomic E-state index is 10.3. The number of carboxylic acids is 1. The van der Waals surface area contributed by atoms with Crippen LogP contribution < -0.4 is 9.79 Å². The van der Waals surface area contributed by atoms with E-state index in [2.05, 4.69) is 14.5 Å². The molecule has 0 spiro atoms. The first kappa shape index (κ1) is 10.6. The number of aryl methyl sites for hydroxylation is 1. The van der Waals surface area contributed by atoms with Gasteiger partial charge in [0.2, 0.25) is 0 Å². The molecule has 2 aromatic heterocycles. The van der Waals surface area contributed by atoms with Crippen molar-refractivity contribution in [2.24, 2.45) is 0 Å². The smallest absolute Gasteiger partial charge is 0.197 e. The van der Waals surface area contributed by atoms with E-state index in [1.807, 2.05) is 0 Å². The molecule has 0 N–H and O–H groups in total. The van der Waals surface area contributed by atoms with Crippen molar-refractivity contribution in [3.8, 4) is 11.4 Å². The highest BCUT2D eigenvalue weighted by Gasteiger charge is 2.06. The molecule has 0 aromatic carbocycles. The van der Waals surface area contributed by atoms with Gasteiger partial charge < -0.3 is 9.90 Å². The molecule has 0 saturated carbocycles. The van der Waals surface area contributed by atoms with Gasteiger partial charge in [-0.05, 0) is 16.6 Å².